The molecule has 1 unspecified atom stereocenters. The van der Waals surface area contributed by atoms with Gasteiger partial charge in [-0.15, -0.1) is 0 Å². The van der Waals surface area contributed by atoms with Crippen molar-refractivity contribution in [1.29, 1.82) is 0 Å². The summed E-state index contributed by atoms with van der Waals surface area (Å²) in [7, 11) is 1.79. The minimum atomic E-state index is -0.172. The Bertz CT molecular complexity index is 1540. The van der Waals surface area contributed by atoms with Crippen molar-refractivity contribution in [1.82, 2.24) is 30.0 Å². The maximum absolute atomic E-state index is 13.8. The van der Waals surface area contributed by atoms with E-state index in [1.165, 1.54) is 0 Å². The number of benzene rings is 2. The highest BCUT2D eigenvalue weighted by Crippen LogP contribution is 2.27. The first kappa shape index (κ1) is 25.4. The van der Waals surface area contributed by atoms with Crippen LogP contribution in [0.4, 0.5) is 5.69 Å². The molecule has 0 aliphatic carbocycles. The van der Waals surface area contributed by atoms with Crippen LogP contribution in [0, 0.1) is 20.8 Å². The van der Waals surface area contributed by atoms with Crippen LogP contribution in [0.1, 0.15) is 46.2 Å². The molecule has 3 heterocycles. The minimum Gasteiger partial charge on any atom is -0.380 e. The Hall–Kier alpha value is -4.27. The first-order valence-electron chi connectivity index (χ1n) is 12.9. The molecule has 1 aliphatic rings. The van der Waals surface area contributed by atoms with Crippen molar-refractivity contribution in [3.63, 3.8) is 0 Å². The van der Waals surface area contributed by atoms with E-state index in [4.69, 9.17) is 9.97 Å². The van der Waals surface area contributed by atoms with E-state index in [1.54, 1.807) is 11.9 Å². The smallest absolute Gasteiger partial charge is 0.273 e. The Kier molecular flexibility index (Phi) is 6.84. The summed E-state index contributed by atoms with van der Waals surface area (Å²) in [5, 5.41) is 11.4. The quantitative estimate of drug-likeness (QED) is 0.389. The Morgan fingerprint density at radius 3 is 2.66 bits per heavy atom. The predicted octanol–water partition coefficient (Wildman–Crippen LogP) is 4.01. The molecule has 5 rings (SSSR count). The van der Waals surface area contributed by atoms with E-state index in [2.05, 4.69) is 15.7 Å². The van der Waals surface area contributed by atoms with Gasteiger partial charge in [0.2, 0.25) is 5.91 Å². The molecule has 0 radical (unpaired) electrons. The zero-order valence-electron chi connectivity index (χ0n) is 22.5. The van der Waals surface area contributed by atoms with Crippen LogP contribution in [-0.2, 0) is 17.9 Å². The fraction of sp³-hybridized carbons (Fsp3) is 0.345. The van der Waals surface area contributed by atoms with Gasteiger partial charge in [-0.1, -0.05) is 11.6 Å². The van der Waals surface area contributed by atoms with Gasteiger partial charge in [0.1, 0.15) is 5.69 Å². The van der Waals surface area contributed by atoms with Crippen molar-refractivity contribution in [3.05, 3.63) is 70.7 Å². The molecule has 1 aliphatic heterocycles. The number of nitrogens with zero attached hydrogens (tertiary/aromatic N) is 5. The van der Waals surface area contributed by atoms with E-state index >= 15 is 0 Å². The SMILES string of the molecule is CCn1ncc(CN(C)C(=O)c2nc(-c3cc(C)cc(NC4CNC(=O)C4)c3)nc3ccc(C)cc23)c1C. The number of fused-ring (bicyclic) bond motifs is 1. The summed E-state index contributed by atoms with van der Waals surface area (Å²) < 4.78 is 1.93. The second-order valence-electron chi connectivity index (χ2n) is 10.1. The molecule has 2 N–H and O–H groups in total. The molecule has 38 heavy (non-hydrogen) atoms. The van der Waals surface area contributed by atoms with Gasteiger partial charge >= 0.3 is 0 Å². The number of amides is 2. The van der Waals surface area contributed by atoms with Crippen LogP contribution in [-0.4, -0.2) is 56.1 Å². The van der Waals surface area contributed by atoms with Crippen molar-refractivity contribution in [2.24, 2.45) is 0 Å². The van der Waals surface area contributed by atoms with Crippen molar-refractivity contribution in [2.45, 2.75) is 53.2 Å². The van der Waals surface area contributed by atoms with Gasteiger partial charge in [-0.2, -0.15) is 5.10 Å². The van der Waals surface area contributed by atoms with E-state index in [-0.39, 0.29) is 17.9 Å². The number of hydrogen-bond acceptors (Lipinski definition) is 6. The number of anilines is 1. The zero-order valence-corrected chi connectivity index (χ0v) is 22.5. The Balaban J connectivity index is 1.52. The molecule has 1 fully saturated rings. The summed E-state index contributed by atoms with van der Waals surface area (Å²) >= 11 is 0. The normalized spacial score (nSPS) is 15.1. The Labute approximate surface area is 222 Å². The molecule has 0 bridgehead atoms. The summed E-state index contributed by atoms with van der Waals surface area (Å²) in [5.41, 5.74) is 6.91. The molecule has 4 aromatic rings. The van der Waals surface area contributed by atoms with Gasteiger partial charge in [-0.25, -0.2) is 9.97 Å². The molecule has 0 spiro atoms. The summed E-state index contributed by atoms with van der Waals surface area (Å²) in [4.78, 5) is 36.8. The highest BCUT2D eigenvalue weighted by Gasteiger charge is 2.23. The van der Waals surface area contributed by atoms with Crippen LogP contribution in [0.3, 0.4) is 0 Å². The molecule has 1 saturated heterocycles. The van der Waals surface area contributed by atoms with E-state index in [0.29, 0.717) is 36.5 Å². The van der Waals surface area contributed by atoms with Crippen LogP contribution in [0.25, 0.3) is 22.3 Å². The highest BCUT2D eigenvalue weighted by atomic mass is 16.2. The predicted molar refractivity (Wildman–Crippen MR) is 148 cm³/mol. The monoisotopic (exact) mass is 511 g/mol. The highest BCUT2D eigenvalue weighted by molar-refractivity contribution is 6.05. The molecule has 9 nitrogen and oxygen atoms in total. The number of rotatable bonds is 7. The van der Waals surface area contributed by atoms with Crippen LogP contribution in [0.2, 0.25) is 0 Å². The van der Waals surface area contributed by atoms with Crippen LogP contribution >= 0.6 is 0 Å². The molecule has 9 heteroatoms. The first-order chi connectivity index (χ1) is 18.2. The van der Waals surface area contributed by atoms with Gasteiger partial charge in [0, 0.05) is 61.0 Å². The Morgan fingerprint density at radius 1 is 1.13 bits per heavy atom. The lowest BCUT2D eigenvalue weighted by molar-refractivity contribution is -0.119. The fourth-order valence-electron chi connectivity index (χ4n) is 4.94. The summed E-state index contributed by atoms with van der Waals surface area (Å²) in [6.45, 7) is 9.88. The van der Waals surface area contributed by atoms with Gasteiger partial charge in [-0.05, 0) is 63.6 Å². The van der Waals surface area contributed by atoms with Crippen molar-refractivity contribution in [3.8, 4) is 11.4 Å². The molecule has 2 aromatic carbocycles. The second kappa shape index (κ2) is 10.2. The summed E-state index contributed by atoms with van der Waals surface area (Å²) in [6, 6.07) is 12.0. The lowest BCUT2D eigenvalue weighted by atomic mass is 10.1. The largest absolute Gasteiger partial charge is 0.380 e. The molecule has 2 amide bonds. The number of hydrogen-bond donors (Lipinski definition) is 2. The average Bonchev–Trinajstić information content (AvgIpc) is 3.46. The minimum absolute atomic E-state index is 0.0314. The van der Waals surface area contributed by atoms with Crippen LogP contribution in [0.15, 0.2) is 42.6 Å². The maximum atomic E-state index is 13.8. The van der Waals surface area contributed by atoms with Gasteiger partial charge < -0.3 is 15.5 Å². The molecule has 196 valence electrons. The lowest BCUT2D eigenvalue weighted by Crippen LogP contribution is -2.28. The topological polar surface area (TPSA) is 105 Å². The third-order valence-corrected chi connectivity index (χ3v) is 7.00. The fourth-order valence-corrected chi connectivity index (χ4v) is 4.94. The van der Waals surface area contributed by atoms with Crippen molar-refractivity contribution < 1.29 is 9.59 Å². The zero-order chi connectivity index (χ0) is 27.0. The lowest BCUT2D eigenvalue weighted by Gasteiger charge is -2.19. The third kappa shape index (κ3) is 5.09. The van der Waals surface area contributed by atoms with Crippen molar-refractivity contribution in [2.75, 3.05) is 18.9 Å². The van der Waals surface area contributed by atoms with E-state index in [1.807, 2.05) is 75.0 Å². The van der Waals surface area contributed by atoms with Crippen LogP contribution < -0.4 is 10.6 Å². The number of carbonyl (C=O) groups excluding carboxylic acids is 2. The van der Waals surface area contributed by atoms with Gasteiger partial charge in [-0.3, -0.25) is 14.3 Å². The molecular formula is C29H33N7O2. The first-order valence-corrected chi connectivity index (χ1v) is 12.9. The molecule has 2 aromatic heterocycles. The summed E-state index contributed by atoms with van der Waals surface area (Å²) in [5.74, 6) is 0.364. The number of nitrogens with one attached hydrogen (secondary N) is 2. The number of aromatic nitrogens is 4. The third-order valence-electron chi connectivity index (χ3n) is 7.00. The Morgan fingerprint density at radius 2 is 1.95 bits per heavy atom. The number of carbonyl (C=O) groups is 2. The standard InChI is InChI=1S/C29H33N7O2/c1-6-36-19(4)21(14-31-36)16-35(5)29(38)27-24-11-17(2)7-8-25(24)33-28(34-27)20-9-18(3)10-22(12-20)32-23-13-26(37)30-15-23/h7-12,14,23,32H,6,13,15-16H2,1-5H3,(H,30,37). The van der Waals surface area contributed by atoms with E-state index < -0.39 is 0 Å². The molecule has 1 atom stereocenters. The molecule has 0 saturated carbocycles. The van der Waals surface area contributed by atoms with Crippen LogP contribution in [0.5, 0.6) is 0 Å². The van der Waals surface area contributed by atoms with E-state index in [9.17, 15) is 9.59 Å². The van der Waals surface area contributed by atoms with Gasteiger partial charge in [0.05, 0.1) is 17.8 Å². The summed E-state index contributed by atoms with van der Waals surface area (Å²) in [6.07, 6.45) is 2.27. The van der Waals surface area contributed by atoms with Gasteiger partial charge in [0.25, 0.3) is 5.91 Å². The average molecular weight is 512 g/mol. The second-order valence-corrected chi connectivity index (χ2v) is 10.1. The van der Waals surface area contributed by atoms with Gasteiger partial charge in [0.15, 0.2) is 5.82 Å². The molecular weight excluding hydrogens is 478 g/mol. The number of aryl methyl sites for hydroxylation is 3. The van der Waals surface area contributed by atoms with E-state index in [0.717, 1.165) is 45.6 Å². The maximum Gasteiger partial charge on any atom is 0.273 e. The van der Waals surface area contributed by atoms with Crippen molar-refractivity contribution >= 4 is 28.4 Å².